The third kappa shape index (κ3) is 4.46. The summed E-state index contributed by atoms with van der Waals surface area (Å²) in [5.74, 6) is -2.96. The van der Waals surface area contributed by atoms with E-state index in [9.17, 15) is 13.6 Å². The first-order valence-corrected chi connectivity index (χ1v) is 5.55. The predicted octanol–water partition coefficient (Wildman–Crippen LogP) is 1.98. The van der Waals surface area contributed by atoms with Crippen LogP contribution in [0.15, 0.2) is 0 Å². The predicted molar refractivity (Wildman–Crippen MR) is 60.0 cm³/mol. The second-order valence-electron chi connectivity index (χ2n) is 6.02. The molecule has 6 heteroatoms. The van der Waals surface area contributed by atoms with Gasteiger partial charge in [-0.2, -0.15) is 0 Å². The third-order valence-electron chi connectivity index (χ3n) is 2.29. The first-order chi connectivity index (χ1) is 7.40. The van der Waals surface area contributed by atoms with Gasteiger partial charge in [-0.05, 0) is 27.7 Å². The molecule has 17 heavy (non-hydrogen) atoms. The lowest BCUT2D eigenvalue weighted by molar-refractivity contribution is -0.0898. The van der Waals surface area contributed by atoms with Crippen LogP contribution in [0.5, 0.6) is 0 Å². The molecule has 1 fully saturated rings. The molecule has 1 amide bonds. The molecule has 1 heterocycles. The average Bonchev–Trinajstić information content (AvgIpc) is 1.93. The highest BCUT2D eigenvalue weighted by Crippen LogP contribution is 2.32. The Labute approximate surface area is 100 Å². The SMILES string of the molecule is CC1(N)CN(C(=O)OC(C)(C)C)CC(F)(F)C1. The summed E-state index contributed by atoms with van der Waals surface area (Å²) in [6, 6.07) is 0. The van der Waals surface area contributed by atoms with Gasteiger partial charge in [0.1, 0.15) is 5.60 Å². The molecule has 0 radical (unpaired) electrons. The third-order valence-corrected chi connectivity index (χ3v) is 2.29. The topological polar surface area (TPSA) is 55.6 Å². The van der Waals surface area contributed by atoms with Gasteiger partial charge in [-0.25, -0.2) is 13.6 Å². The van der Waals surface area contributed by atoms with Crippen molar-refractivity contribution in [2.45, 2.75) is 51.2 Å². The number of ether oxygens (including phenoxy) is 1. The van der Waals surface area contributed by atoms with Crippen LogP contribution in [0.3, 0.4) is 0 Å². The number of rotatable bonds is 0. The molecule has 2 N–H and O–H groups in total. The quantitative estimate of drug-likeness (QED) is 0.715. The van der Waals surface area contributed by atoms with E-state index in [0.717, 1.165) is 4.90 Å². The van der Waals surface area contributed by atoms with Crippen molar-refractivity contribution < 1.29 is 18.3 Å². The monoisotopic (exact) mass is 250 g/mol. The van der Waals surface area contributed by atoms with Crippen molar-refractivity contribution in [3.05, 3.63) is 0 Å². The molecular weight excluding hydrogens is 230 g/mol. The molecule has 0 aromatic rings. The van der Waals surface area contributed by atoms with E-state index < -0.39 is 36.1 Å². The Morgan fingerprint density at radius 3 is 2.29 bits per heavy atom. The number of carbonyl (C=O) groups excluding carboxylic acids is 1. The van der Waals surface area contributed by atoms with Gasteiger partial charge in [-0.15, -0.1) is 0 Å². The lowest BCUT2D eigenvalue weighted by Crippen LogP contribution is -2.61. The number of nitrogens with two attached hydrogens (primary N) is 1. The molecule has 0 bridgehead atoms. The number of halogens is 2. The Morgan fingerprint density at radius 1 is 1.35 bits per heavy atom. The van der Waals surface area contributed by atoms with Crippen molar-refractivity contribution in [3.63, 3.8) is 0 Å². The van der Waals surface area contributed by atoms with Crippen LogP contribution in [0.4, 0.5) is 13.6 Å². The molecule has 0 spiro atoms. The average molecular weight is 250 g/mol. The summed E-state index contributed by atoms with van der Waals surface area (Å²) < 4.78 is 31.9. The lowest BCUT2D eigenvalue weighted by Gasteiger charge is -2.42. The molecule has 1 aliphatic heterocycles. The van der Waals surface area contributed by atoms with Crippen LogP contribution in [0.1, 0.15) is 34.1 Å². The molecule has 0 aromatic carbocycles. The molecular formula is C11H20F2N2O2. The van der Waals surface area contributed by atoms with Crippen molar-refractivity contribution >= 4 is 6.09 Å². The van der Waals surface area contributed by atoms with Gasteiger partial charge in [0, 0.05) is 18.5 Å². The number of carbonyl (C=O) groups is 1. The standard InChI is InChI=1S/C11H20F2N2O2/c1-9(2,3)17-8(16)15-6-10(4,14)5-11(12,13)7-15/h5-7,14H2,1-4H3. The first-order valence-electron chi connectivity index (χ1n) is 5.55. The van der Waals surface area contributed by atoms with Crippen molar-refractivity contribution in [1.82, 2.24) is 4.90 Å². The minimum Gasteiger partial charge on any atom is -0.444 e. The lowest BCUT2D eigenvalue weighted by atomic mass is 9.90. The summed E-state index contributed by atoms with van der Waals surface area (Å²) in [4.78, 5) is 12.7. The number of likely N-dealkylation sites (tertiary alicyclic amines) is 1. The number of alkyl halides is 2. The van der Waals surface area contributed by atoms with E-state index in [-0.39, 0.29) is 6.54 Å². The van der Waals surface area contributed by atoms with E-state index >= 15 is 0 Å². The second kappa shape index (κ2) is 4.08. The highest BCUT2D eigenvalue weighted by Gasteiger charge is 2.47. The van der Waals surface area contributed by atoms with Gasteiger partial charge in [-0.3, -0.25) is 0 Å². The minimum absolute atomic E-state index is 0.0809. The van der Waals surface area contributed by atoms with Gasteiger partial charge < -0.3 is 15.4 Å². The van der Waals surface area contributed by atoms with Gasteiger partial charge in [0.2, 0.25) is 0 Å². The maximum atomic E-state index is 13.4. The summed E-state index contributed by atoms with van der Waals surface area (Å²) in [7, 11) is 0. The summed E-state index contributed by atoms with van der Waals surface area (Å²) >= 11 is 0. The minimum atomic E-state index is -2.96. The number of hydrogen-bond acceptors (Lipinski definition) is 3. The summed E-state index contributed by atoms with van der Waals surface area (Å²) in [6.45, 7) is 6.03. The maximum Gasteiger partial charge on any atom is 0.410 e. The molecule has 0 aromatic heterocycles. The maximum absolute atomic E-state index is 13.4. The Hall–Kier alpha value is -0.910. The molecule has 0 aliphatic carbocycles. The summed E-state index contributed by atoms with van der Waals surface area (Å²) in [6.07, 6.45) is -1.16. The highest BCUT2D eigenvalue weighted by molar-refractivity contribution is 5.68. The van der Waals surface area contributed by atoms with Crippen molar-refractivity contribution in [2.24, 2.45) is 5.73 Å². The normalized spacial score (nSPS) is 29.0. The second-order valence-corrected chi connectivity index (χ2v) is 6.02. The van der Waals surface area contributed by atoms with E-state index in [2.05, 4.69) is 0 Å². The Balaban J connectivity index is 2.74. The molecule has 100 valence electrons. The Bertz CT molecular complexity index is 295. The molecule has 1 unspecified atom stereocenters. The van der Waals surface area contributed by atoms with Gasteiger partial charge in [-0.1, -0.05) is 0 Å². The van der Waals surface area contributed by atoms with Crippen LogP contribution in [-0.4, -0.2) is 41.1 Å². The molecule has 1 atom stereocenters. The Morgan fingerprint density at radius 2 is 1.88 bits per heavy atom. The molecule has 1 aliphatic rings. The van der Waals surface area contributed by atoms with Crippen LogP contribution in [0.2, 0.25) is 0 Å². The van der Waals surface area contributed by atoms with Crippen LogP contribution in [0.25, 0.3) is 0 Å². The molecule has 4 nitrogen and oxygen atoms in total. The van der Waals surface area contributed by atoms with Gasteiger partial charge in [0.15, 0.2) is 0 Å². The van der Waals surface area contributed by atoms with Crippen molar-refractivity contribution in [2.75, 3.05) is 13.1 Å². The zero-order valence-corrected chi connectivity index (χ0v) is 10.7. The zero-order valence-electron chi connectivity index (χ0n) is 10.7. The van der Waals surface area contributed by atoms with Gasteiger partial charge in [0.05, 0.1) is 6.54 Å². The van der Waals surface area contributed by atoms with Crippen LogP contribution in [-0.2, 0) is 4.74 Å². The Kier molecular flexibility index (Phi) is 3.40. The largest absolute Gasteiger partial charge is 0.444 e. The fourth-order valence-electron chi connectivity index (χ4n) is 1.93. The van der Waals surface area contributed by atoms with Gasteiger partial charge >= 0.3 is 6.09 Å². The smallest absolute Gasteiger partial charge is 0.410 e. The van der Waals surface area contributed by atoms with Gasteiger partial charge in [0.25, 0.3) is 5.92 Å². The fourth-order valence-corrected chi connectivity index (χ4v) is 1.93. The highest BCUT2D eigenvalue weighted by atomic mass is 19.3. The number of nitrogens with zero attached hydrogens (tertiary/aromatic N) is 1. The number of amides is 1. The summed E-state index contributed by atoms with van der Waals surface area (Å²) in [5, 5.41) is 0. The van der Waals surface area contributed by atoms with E-state index in [0.29, 0.717) is 0 Å². The molecule has 0 saturated carbocycles. The van der Waals surface area contributed by atoms with Crippen molar-refractivity contribution in [3.8, 4) is 0 Å². The van der Waals surface area contributed by atoms with Crippen LogP contribution in [0, 0.1) is 0 Å². The van der Waals surface area contributed by atoms with E-state index in [1.165, 1.54) is 6.92 Å². The van der Waals surface area contributed by atoms with E-state index in [1.807, 2.05) is 0 Å². The fraction of sp³-hybridized carbons (Fsp3) is 0.909. The molecule has 1 saturated heterocycles. The van der Waals surface area contributed by atoms with Crippen LogP contribution < -0.4 is 5.73 Å². The number of piperidine rings is 1. The first kappa shape index (κ1) is 14.2. The summed E-state index contributed by atoms with van der Waals surface area (Å²) in [5.41, 5.74) is 3.93. The molecule has 1 rings (SSSR count). The van der Waals surface area contributed by atoms with E-state index in [4.69, 9.17) is 10.5 Å². The zero-order chi connectivity index (χ0) is 13.5. The van der Waals surface area contributed by atoms with Crippen LogP contribution >= 0.6 is 0 Å². The van der Waals surface area contributed by atoms with Crippen molar-refractivity contribution in [1.29, 1.82) is 0 Å². The number of hydrogen-bond donors (Lipinski definition) is 1. The van der Waals surface area contributed by atoms with E-state index in [1.54, 1.807) is 20.8 Å².